The number of nitrogens with zero attached hydrogens (tertiary/aromatic N) is 2. The van der Waals surface area contributed by atoms with Crippen LogP contribution in [0.4, 0.5) is 9.59 Å². The van der Waals surface area contributed by atoms with Crippen molar-refractivity contribution in [2.24, 2.45) is 11.7 Å². The van der Waals surface area contributed by atoms with Gasteiger partial charge in [-0.1, -0.05) is 0 Å². The second-order valence-electron chi connectivity index (χ2n) is 12.0. The highest BCUT2D eigenvalue weighted by Gasteiger charge is 2.39. The van der Waals surface area contributed by atoms with Gasteiger partial charge in [0.25, 0.3) is 11.8 Å². The van der Waals surface area contributed by atoms with E-state index in [1.54, 1.807) is 55.4 Å². The zero-order chi connectivity index (χ0) is 36.0. The van der Waals surface area contributed by atoms with E-state index in [2.05, 4.69) is 4.74 Å². The fourth-order valence-corrected chi connectivity index (χ4v) is 3.69. The molecule has 0 aromatic carbocycles. The highest BCUT2D eigenvalue weighted by Crippen LogP contribution is 2.20. The maximum absolute atomic E-state index is 12.0. The van der Waals surface area contributed by atoms with E-state index in [-0.39, 0.29) is 81.2 Å². The minimum Gasteiger partial charge on any atom is -0.481 e. The summed E-state index contributed by atoms with van der Waals surface area (Å²) in [7, 11) is 0. The number of Topliss-reactive ketones (excluding diaryl/α,β-unsaturated/α-hetero) is 3. The van der Waals surface area contributed by atoms with Crippen molar-refractivity contribution in [1.29, 1.82) is 0 Å². The summed E-state index contributed by atoms with van der Waals surface area (Å²) in [5.41, 5.74) is 4.23. The number of rotatable bonds is 5. The van der Waals surface area contributed by atoms with E-state index in [0.717, 1.165) is 6.92 Å². The lowest BCUT2D eigenvalue weighted by Crippen LogP contribution is -2.49. The number of nitrogens with two attached hydrogens (primary N) is 1. The van der Waals surface area contributed by atoms with Crippen molar-refractivity contribution in [3.63, 3.8) is 0 Å². The molecule has 0 bridgehead atoms. The molecule has 0 aliphatic carbocycles. The van der Waals surface area contributed by atoms with Crippen LogP contribution in [0.1, 0.15) is 75.2 Å². The molecule has 2 amide bonds. The van der Waals surface area contributed by atoms with Gasteiger partial charge in [0, 0.05) is 45.0 Å². The minimum absolute atomic E-state index is 0. The van der Waals surface area contributed by atoms with E-state index < -0.39 is 53.0 Å². The lowest BCUT2D eigenvalue weighted by Gasteiger charge is -2.32. The molecule has 0 aromatic heterocycles. The van der Waals surface area contributed by atoms with Gasteiger partial charge in [-0.2, -0.15) is 0 Å². The molecule has 2 aliphatic rings. The number of aliphatic carboxylic acids is 1. The summed E-state index contributed by atoms with van der Waals surface area (Å²) in [4.78, 5) is 94.2. The number of piperidine rings is 2. The van der Waals surface area contributed by atoms with Crippen LogP contribution >= 0.6 is 0 Å². The van der Waals surface area contributed by atoms with Crippen molar-refractivity contribution >= 4 is 47.4 Å². The maximum Gasteiger partial charge on any atom is 0.410 e. The van der Waals surface area contributed by atoms with Crippen LogP contribution in [-0.2, 0) is 47.7 Å². The van der Waals surface area contributed by atoms with Crippen LogP contribution in [0.25, 0.3) is 0 Å². The Labute approximate surface area is 274 Å². The molecule has 6 N–H and O–H groups in total. The van der Waals surface area contributed by atoms with Crippen molar-refractivity contribution in [2.75, 3.05) is 39.4 Å². The highest BCUT2D eigenvalue weighted by molar-refractivity contribution is 6.38. The Morgan fingerprint density at radius 2 is 1.23 bits per heavy atom. The average molecular weight is 675 g/mol. The first-order valence-corrected chi connectivity index (χ1v) is 14.6. The van der Waals surface area contributed by atoms with Crippen LogP contribution in [0.2, 0.25) is 0 Å². The number of hydrogen-bond donors (Lipinski definition) is 3. The first-order valence-electron chi connectivity index (χ1n) is 14.6. The van der Waals surface area contributed by atoms with Gasteiger partial charge >= 0.3 is 24.1 Å². The Hall–Kier alpha value is -4.54. The standard InChI is InChI=1S/C14H22N2O5.C14H21NO6.C2H4O2.H3N/c1-5-20-12(18)11(15)9-8-16(7-6-10(9)17)13(19)21-14(2,3)4;1-5-20-12(18)11(17)9-8-15(7-6-10(9)16)13(19)21-14(2,3)4;1-2(3)4;/h5-8,15H2,1-4H3;9H,5-8H2,1-4H3;1H3,(H,3,4);1H3/b11-9-;;;. The third-order valence-corrected chi connectivity index (χ3v) is 5.63. The van der Waals surface area contributed by atoms with Crippen molar-refractivity contribution in [2.45, 2.75) is 86.4 Å². The molecule has 0 aromatic rings. The van der Waals surface area contributed by atoms with Crippen LogP contribution in [0.5, 0.6) is 0 Å². The van der Waals surface area contributed by atoms with Gasteiger partial charge in [-0.25, -0.2) is 19.2 Å². The fraction of sp³-hybridized carbons (Fsp3) is 0.667. The fourth-order valence-electron chi connectivity index (χ4n) is 3.69. The predicted octanol–water partition coefficient (Wildman–Crippen LogP) is 2.17. The maximum atomic E-state index is 12.0. The van der Waals surface area contributed by atoms with Crippen molar-refractivity contribution in [3.05, 3.63) is 11.3 Å². The Bertz CT molecular complexity index is 1200. The van der Waals surface area contributed by atoms with Gasteiger partial charge < -0.3 is 45.7 Å². The van der Waals surface area contributed by atoms with E-state index in [0.29, 0.717) is 0 Å². The Morgan fingerprint density at radius 3 is 1.68 bits per heavy atom. The molecular formula is C30H50N4O13. The summed E-state index contributed by atoms with van der Waals surface area (Å²) in [6.45, 7) is 15.2. The molecule has 2 fully saturated rings. The molecule has 0 radical (unpaired) electrons. The van der Waals surface area contributed by atoms with E-state index in [1.807, 2.05) is 0 Å². The van der Waals surface area contributed by atoms with Crippen molar-refractivity contribution in [1.82, 2.24) is 16.0 Å². The van der Waals surface area contributed by atoms with Crippen LogP contribution in [-0.4, -0.2) is 113 Å². The average Bonchev–Trinajstić information content (AvgIpc) is 2.91. The van der Waals surface area contributed by atoms with Gasteiger partial charge in [0.1, 0.15) is 28.6 Å². The summed E-state index contributed by atoms with van der Waals surface area (Å²) < 4.78 is 19.8. The number of carbonyl (C=O) groups excluding carboxylic acids is 7. The molecule has 2 aliphatic heterocycles. The zero-order valence-corrected chi connectivity index (χ0v) is 28.8. The Kier molecular flexibility index (Phi) is 18.8. The van der Waals surface area contributed by atoms with Crippen LogP contribution in [0.15, 0.2) is 11.3 Å². The first kappa shape index (κ1) is 44.6. The number of ether oxygens (including phenoxy) is 4. The van der Waals surface area contributed by atoms with Gasteiger partial charge in [0.2, 0.25) is 0 Å². The van der Waals surface area contributed by atoms with E-state index >= 15 is 0 Å². The molecular weight excluding hydrogens is 624 g/mol. The minimum atomic E-state index is -1.16. The number of carbonyl (C=O) groups is 8. The van der Waals surface area contributed by atoms with E-state index in [4.69, 9.17) is 29.8 Å². The van der Waals surface area contributed by atoms with E-state index in [1.165, 1.54) is 9.80 Å². The monoisotopic (exact) mass is 674 g/mol. The van der Waals surface area contributed by atoms with Crippen LogP contribution < -0.4 is 11.9 Å². The molecule has 1 unspecified atom stereocenters. The van der Waals surface area contributed by atoms with E-state index in [9.17, 15) is 33.6 Å². The summed E-state index contributed by atoms with van der Waals surface area (Å²) in [6, 6.07) is 0. The summed E-state index contributed by atoms with van der Waals surface area (Å²) in [6.07, 6.45) is -1.01. The smallest absolute Gasteiger partial charge is 0.410 e. The summed E-state index contributed by atoms with van der Waals surface area (Å²) in [5, 5.41) is 7.42. The quantitative estimate of drug-likeness (QED) is 0.124. The van der Waals surface area contributed by atoms with Gasteiger partial charge in [-0.3, -0.25) is 19.2 Å². The molecule has 2 saturated heterocycles. The largest absolute Gasteiger partial charge is 0.481 e. The Morgan fingerprint density at radius 1 is 0.809 bits per heavy atom. The van der Waals surface area contributed by atoms with Gasteiger partial charge in [0.05, 0.1) is 19.8 Å². The zero-order valence-electron chi connectivity index (χ0n) is 28.8. The van der Waals surface area contributed by atoms with Crippen molar-refractivity contribution in [3.8, 4) is 0 Å². The lowest BCUT2D eigenvalue weighted by molar-refractivity contribution is -0.157. The molecule has 2 rings (SSSR count). The third kappa shape index (κ3) is 17.1. The van der Waals surface area contributed by atoms with Gasteiger partial charge in [-0.05, 0) is 55.4 Å². The number of carboxylic acids is 1. The molecule has 0 saturated carbocycles. The molecule has 17 nitrogen and oxygen atoms in total. The second-order valence-corrected chi connectivity index (χ2v) is 12.0. The number of esters is 2. The molecule has 47 heavy (non-hydrogen) atoms. The number of ketones is 3. The third-order valence-electron chi connectivity index (χ3n) is 5.63. The Balaban J connectivity index is 0. The predicted molar refractivity (Wildman–Crippen MR) is 166 cm³/mol. The van der Waals surface area contributed by atoms with Gasteiger partial charge in [-0.15, -0.1) is 0 Å². The lowest BCUT2D eigenvalue weighted by atomic mass is 9.92. The molecule has 17 heteroatoms. The molecule has 2 heterocycles. The number of likely N-dealkylation sites (tertiary alicyclic amines) is 2. The second kappa shape index (κ2) is 19.9. The van der Waals surface area contributed by atoms with Crippen molar-refractivity contribution < 1.29 is 62.4 Å². The number of amides is 2. The number of hydrogen-bond acceptors (Lipinski definition) is 14. The first-order chi connectivity index (χ1) is 21.0. The molecule has 0 spiro atoms. The molecule has 1 atom stereocenters. The van der Waals surface area contributed by atoms with Gasteiger partial charge in [0.15, 0.2) is 5.78 Å². The van der Waals surface area contributed by atoms with Crippen LogP contribution in [0.3, 0.4) is 0 Å². The number of carboxylic acid groups (broad SMARTS) is 1. The summed E-state index contributed by atoms with van der Waals surface area (Å²) in [5.74, 6) is -5.29. The SMILES string of the molecule is CC(=O)O.CCOC(=O)/C(N)=C1\CN(C(=O)OC(C)(C)C)CCC1=O.CCOC(=O)C(=O)C1CN(C(=O)OC(C)(C)C)CCC1=O.N. The topological polar surface area (TPSA) is 261 Å². The molecule has 268 valence electrons. The highest BCUT2D eigenvalue weighted by atomic mass is 16.6. The summed E-state index contributed by atoms with van der Waals surface area (Å²) >= 11 is 0. The normalized spacial score (nSPS) is 17.3. The van der Waals surface area contributed by atoms with Crippen LogP contribution in [0, 0.1) is 5.92 Å².